The second kappa shape index (κ2) is 7.59. The summed E-state index contributed by atoms with van der Waals surface area (Å²) in [4.78, 5) is 26.1. The van der Waals surface area contributed by atoms with Gasteiger partial charge in [0.25, 0.3) is 5.09 Å². The van der Waals surface area contributed by atoms with Crippen molar-refractivity contribution >= 4 is 23.5 Å². The molecule has 1 atom stereocenters. The predicted octanol–water partition coefficient (Wildman–Crippen LogP) is 0.866. The molecule has 0 fully saturated rings. The Labute approximate surface area is 110 Å². The first-order valence-corrected chi connectivity index (χ1v) is 5.56. The number of hydrogen-bond acceptors (Lipinski definition) is 6. The van der Waals surface area contributed by atoms with Crippen molar-refractivity contribution in [1.29, 1.82) is 0 Å². The maximum atomic E-state index is 11.8. The van der Waals surface area contributed by atoms with E-state index in [2.05, 4.69) is 16.7 Å². The van der Waals surface area contributed by atoms with Crippen LogP contribution < -0.4 is 5.32 Å². The molecular formula is C10H16N2O5S. The minimum Gasteiger partial charge on any atom is -0.499 e. The highest BCUT2D eigenvalue weighted by Gasteiger charge is 2.30. The molecule has 0 heterocycles. The van der Waals surface area contributed by atoms with Crippen LogP contribution >= 0.6 is 12.2 Å². The fourth-order valence-corrected chi connectivity index (χ4v) is 1.08. The van der Waals surface area contributed by atoms with E-state index in [0.717, 1.165) is 0 Å². The summed E-state index contributed by atoms with van der Waals surface area (Å²) in [6, 6.07) is -0.472. The lowest BCUT2D eigenvalue weighted by atomic mass is 9.93. The number of nitrogens with zero attached hydrogens (tertiary/aromatic N) is 1. The lowest BCUT2D eigenvalue weighted by molar-refractivity contribution is -0.760. The molecule has 18 heavy (non-hydrogen) atoms. The molecular weight excluding hydrogens is 260 g/mol. The zero-order chi connectivity index (χ0) is 14.2. The SMILES string of the molecule is C=COC[C@H](C=S)NC(=O)C(C)(C)CO[N+](=O)[O-]. The van der Waals surface area contributed by atoms with Crippen LogP contribution in [-0.2, 0) is 14.4 Å². The van der Waals surface area contributed by atoms with Gasteiger partial charge in [-0.25, -0.2) is 0 Å². The van der Waals surface area contributed by atoms with E-state index >= 15 is 0 Å². The normalized spacial score (nSPS) is 12.1. The average molecular weight is 276 g/mol. The highest BCUT2D eigenvalue weighted by Crippen LogP contribution is 2.15. The second-order valence-electron chi connectivity index (χ2n) is 4.10. The Bertz CT molecular complexity index is 332. The highest BCUT2D eigenvalue weighted by atomic mass is 32.1. The number of thiocarbonyl (C=S) groups is 1. The third kappa shape index (κ3) is 6.14. The number of hydrogen-bond donors (Lipinski definition) is 1. The summed E-state index contributed by atoms with van der Waals surface area (Å²) < 4.78 is 4.91. The number of ether oxygens (including phenoxy) is 1. The molecule has 7 nitrogen and oxygen atoms in total. The van der Waals surface area contributed by atoms with E-state index in [0.29, 0.717) is 0 Å². The van der Waals surface area contributed by atoms with Gasteiger partial charge in [-0.05, 0) is 13.8 Å². The van der Waals surface area contributed by atoms with Crippen molar-refractivity contribution < 1.29 is 19.5 Å². The van der Waals surface area contributed by atoms with E-state index in [1.807, 2.05) is 0 Å². The summed E-state index contributed by atoms with van der Waals surface area (Å²) in [5, 5.41) is 13.1. The lowest BCUT2D eigenvalue weighted by Gasteiger charge is -2.24. The van der Waals surface area contributed by atoms with Gasteiger partial charge in [0.2, 0.25) is 5.91 Å². The van der Waals surface area contributed by atoms with Gasteiger partial charge >= 0.3 is 0 Å². The molecule has 0 rings (SSSR count). The summed E-state index contributed by atoms with van der Waals surface area (Å²) in [6.07, 6.45) is 1.24. The number of carbonyl (C=O) groups excluding carboxylic acids is 1. The van der Waals surface area contributed by atoms with Crippen molar-refractivity contribution in [2.45, 2.75) is 19.9 Å². The van der Waals surface area contributed by atoms with Gasteiger partial charge in [0, 0.05) is 5.37 Å². The van der Waals surface area contributed by atoms with Gasteiger partial charge in [-0.15, -0.1) is 10.1 Å². The lowest BCUT2D eigenvalue weighted by Crippen LogP contribution is -2.47. The Hall–Kier alpha value is -1.70. The third-order valence-corrected chi connectivity index (χ3v) is 2.35. The van der Waals surface area contributed by atoms with Crippen LogP contribution in [0.2, 0.25) is 0 Å². The topological polar surface area (TPSA) is 90.7 Å². The highest BCUT2D eigenvalue weighted by molar-refractivity contribution is 7.79. The Morgan fingerprint density at radius 2 is 2.28 bits per heavy atom. The molecule has 0 aromatic heterocycles. The summed E-state index contributed by atoms with van der Waals surface area (Å²) in [5.41, 5.74) is -1.04. The zero-order valence-electron chi connectivity index (χ0n) is 10.3. The molecule has 0 saturated carbocycles. The van der Waals surface area contributed by atoms with Gasteiger partial charge < -0.3 is 14.9 Å². The first kappa shape index (κ1) is 16.3. The fourth-order valence-electron chi connectivity index (χ4n) is 0.930. The van der Waals surface area contributed by atoms with Crippen LogP contribution in [0.25, 0.3) is 0 Å². The van der Waals surface area contributed by atoms with E-state index < -0.39 is 22.5 Å². The molecule has 0 aliphatic rings. The van der Waals surface area contributed by atoms with Crippen molar-refractivity contribution in [3.63, 3.8) is 0 Å². The summed E-state index contributed by atoms with van der Waals surface area (Å²) in [7, 11) is 0. The standard InChI is InChI=1S/C10H16N2O5S/c1-4-16-5-8(6-18)11-9(13)10(2,3)7-17-12(14)15/h4,6,8H,1,5,7H2,2-3H3,(H,11,13)/t8-/m1/s1. The molecule has 1 N–H and O–H groups in total. The number of nitrogens with one attached hydrogen (secondary N) is 1. The van der Waals surface area contributed by atoms with Crippen molar-refractivity contribution in [2.24, 2.45) is 5.41 Å². The molecule has 1 amide bonds. The zero-order valence-corrected chi connectivity index (χ0v) is 11.1. The Morgan fingerprint density at radius 1 is 1.67 bits per heavy atom. The monoisotopic (exact) mass is 276 g/mol. The van der Waals surface area contributed by atoms with E-state index in [1.165, 1.54) is 25.5 Å². The van der Waals surface area contributed by atoms with Gasteiger partial charge in [-0.3, -0.25) is 4.79 Å². The van der Waals surface area contributed by atoms with Gasteiger partial charge in [0.15, 0.2) is 0 Å². The van der Waals surface area contributed by atoms with Crippen molar-refractivity contribution in [3.05, 3.63) is 23.0 Å². The molecule has 0 aromatic carbocycles. The number of rotatable bonds is 9. The Balaban J connectivity index is 4.37. The van der Waals surface area contributed by atoms with Crippen LogP contribution in [0.15, 0.2) is 12.8 Å². The molecule has 0 bridgehead atoms. The van der Waals surface area contributed by atoms with Crippen LogP contribution in [0.5, 0.6) is 0 Å². The van der Waals surface area contributed by atoms with E-state index in [4.69, 9.17) is 17.0 Å². The van der Waals surface area contributed by atoms with E-state index in [-0.39, 0.29) is 13.2 Å². The minimum atomic E-state index is -1.04. The minimum absolute atomic E-state index is 0.158. The summed E-state index contributed by atoms with van der Waals surface area (Å²) in [6.45, 7) is 6.25. The van der Waals surface area contributed by atoms with Gasteiger partial charge in [0.05, 0.1) is 17.7 Å². The molecule has 0 aliphatic carbocycles. The van der Waals surface area contributed by atoms with Crippen LogP contribution in [0.1, 0.15) is 13.8 Å². The molecule has 8 heteroatoms. The Kier molecular flexibility index (Phi) is 6.88. The van der Waals surface area contributed by atoms with Gasteiger partial charge in [0.1, 0.15) is 13.2 Å². The fraction of sp³-hybridized carbons (Fsp3) is 0.600. The van der Waals surface area contributed by atoms with Crippen LogP contribution in [0, 0.1) is 15.5 Å². The first-order valence-electron chi connectivity index (χ1n) is 5.09. The third-order valence-electron chi connectivity index (χ3n) is 2.02. The first-order chi connectivity index (χ1) is 8.33. The van der Waals surface area contributed by atoms with Crippen molar-refractivity contribution in [2.75, 3.05) is 13.2 Å². The van der Waals surface area contributed by atoms with Gasteiger partial charge in [-0.1, -0.05) is 18.8 Å². The van der Waals surface area contributed by atoms with E-state index in [1.54, 1.807) is 0 Å². The Morgan fingerprint density at radius 3 is 2.72 bits per heavy atom. The average Bonchev–Trinajstić information content (AvgIpc) is 2.31. The van der Waals surface area contributed by atoms with Crippen LogP contribution in [0.4, 0.5) is 0 Å². The maximum Gasteiger partial charge on any atom is 0.294 e. The smallest absolute Gasteiger partial charge is 0.294 e. The molecule has 0 unspecified atom stereocenters. The maximum absolute atomic E-state index is 11.8. The van der Waals surface area contributed by atoms with Crippen molar-refractivity contribution in [3.8, 4) is 0 Å². The summed E-state index contributed by atoms with van der Waals surface area (Å²) >= 11 is 4.74. The molecule has 102 valence electrons. The van der Waals surface area contributed by atoms with Gasteiger partial charge in [-0.2, -0.15) is 0 Å². The van der Waals surface area contributed by atoms with Crippen LogP contribution in [-0.4, -0.2) is 35.6 Å². The number of amides is 1. The summed E-state index contributed by atoms with van der Waals surface area (Å²) in [5.74, 6) is -0.414. The molecule has 0 aromatic rings. The quantitative estimate of drug-likeness (QED) is 0.291. The largest absolute Gasteiger partial charge is 0.499 e. The van der Waals surface area contributed by atoms with Crippen molar-refractivity contribution in [1.82, 2.24) is 5.32 Å². The number of carbonyl (C=O) groups is 1. The molecule has 0 aliphatic heterocycles. The second-order valence-corrected chi connectivity index (χ2v) is 4.37. The van der Waals surface area contributed by atoms with E-state index in [9.17, 15) is 14.9 Å². The molecule has 0 saturated heterocycles. The van der Waals surface area contributed by atoms with Crippen LogP contribution in [0.3, 0.4) is 0 Å². The molecule has 0 radical (unpaired) electrons. The predicted molar refractivity (Wildman–Crippen MR) is 68.5 cm³/mol. The molecule has 0 spiro atoms.